The van der Waals surface area contributed by atoms with Crippen molar-refractivity contribution in [2.45, 2.75) is 6.29 Å². The Morgan fingerprint density at radius 2 is 1.78 bits per heavy atom. The Hall–Kier alpha value is -1.37. The monoisotopic (exact) mass is 439 g/mol. The van der Waals surface area contributed by atoms with Gasteiger partial charge in [-0.15, -0.1) is 14.5 Å². The van der Waals surface area contributed by atoms with Gasteiger partial charge in [-0.2, -0.15) is 11.8 Å². The summed E-state index contributed by atoms with van der Waals surface area (Å²) in [6, 6.07) is 3.72. The van der Waals surface area contributed by atoms with Crippen LogP contribution < -0.4 is 9.55 Å². The fourth-order valence-corrected chi connectivity index (χ4v) is 3.50. The van der Waals surface area contributed by atoms with Crippen molar-refractivity contribution < 1.29 is 30.5 Å². The molecule has 7 nitrogen and oxygen atoms in total. The smallest absolute Gasteiger partial charge is 1.00 e. The van der Waals surface area contributed by atoms with Crippen molar-refractivity contribution in [1.29, 1.82) is 0 Å². The van der Waals surface area contributed by atoms with E-state index < -0.39 is 8.16 Å². The van der Waals surface area contributed by atoms with E-state index in [2.05, 4.69) is 20.0 Å². The van der Waals surface area contributed by atoms with Crippen LogP contribution in [0.1, 0.15) is 6.29 Å². The van der Waals surface area contributed by atoms with E-state index in [1.54, 1.807) is 10.9 Å². The summed E-state index contributed by atoms with van der Waals surface area (Å²) in [5.41, 5.74) is 1.13. The molecule has 0 radical (unpaired) electrons. The standard InChI is InChI=1S/C12H18N6OS.F5P.FH/c1-15(2)12(16-6-8-20-9-7-16)17-10-4-3-5-13-11(10)18(19)14-17;1-6(2,3,4)5;/h3-5,12H,6-9H2,1-2H3;;1H/p-1. The number of pyridine rings is 1. The van der Waals surface area contributed by atoms with Gasteiger partial charge >= 0.3 is 34.8 Å². The van der Waals surface area contributed by atoms with E-state index in [0.717, 1.165) is 30.1 Å². The first-order chi connectivity index (χ1) is 11.9. The molecule has 1 aliphatic heterocycles. The summed E-state index contributed by atoms with van der Waals surface area (Å²) in [5, 5.41) is 16.0. The number of hydrogen-bond acceptors (Lipinski definition) is 6. The summed E-state index contributed by atoms with van der Waals surface area (Å²) in [6.07, 6.45) is 1.56. The van der Waals surface area contributed by atoms with Crippen LogP contribution in [-0.2, 0) is 0 Å². The average Bonchev–Trinajstić information content (AvgIpc) is 2.83. The van der Waals surface area contributed by atoms with Crippen LogP contribution in [0.25, 0.3) is 11.2 Å². The molecular formula is C12H18F6N6OPS-. The first-order valence-electron chi connectivity index (χ1n) is 7.44. The fraction of sp³-hybridized carbons (Fsp3) is 0.583. The molecule has 0 spiro atoms. The summed E-state index contributed by atoms with van der Waals surface area (Å²) in [5.74, 6) is 2.22. The van der Waals surface area contributed by atoms with Gasteiger partial charge in [0, 0.05) is 29.8 Å². The van der Waals surface area contributed by atoms with Gasteiger partial charge in [0.15, 0.2) is 0 Å². The molecule has 0 N–H and O–H groups in total. The Balaban J connectivity index is 0.000000456. The molecule has 0 aromatic carbocycles. The molecule has 156 valence electrons. The van der Waals surface area contributed by atoms with Gasteiger partial charge in [-0.25, -0.2) is 0 Å². The van der Waals surface area contributed by atoms with Crippen LogP contribution in [0.5, 0.6) is 0 Å². The molecule has 1 atom stereocenters. The SMILES string of the molecule is CN(C)C(N1CCSCC1)n1n[n+]([O-])c2ncccc21.FP(F)(F)(F)F.[F-]. The minimum atomic E-state index is -8.55. The van der Waals surface area contributed by atoms with Gasteiger partial charge in [0.2, 0.25) is 11.8 Å². The van der Waals surface area contributed by atoms with Crippen LogP contribution in [0.3, 0.4) is 0 Å². The van der Waals surface area contributed by atoms with Crippen molar-refractivity contribution in [1.82, 2.24) is 24.7 Å². The molecule has 3 heterocycles. The number of aromatic nitrogens is 4. The number of thioether (sulfide) groups is 1. The van der Waals surface area contributed by atoms with Crippen LogP contribution in [0.2, 0.25) is 0 Å². The van der Waals surface area contributed by atoms with Gasteiger partial charge in [-0.1, -0.05) is 0 Å². The van der Waals surface area contributed by atoms with Gasteiger partial charge in [0.05, 0.1) is 0 Å². The molecule has 0 amide bonds. The van der Waals surface area contributed by atoms with Gasteiger partial charge in [-0.3, -0.25) is 9.80 Å². The third-order valence-corrected chi connectivity index (χ3v) is 4.37. The molecule has 1 unspecified atom stereocenters. The number of rotatable bonds is 3. The molecule has 1 aliphatic rings. The van der Waals surface area contributed by atoms with E-state index >= 15 is 0 Å². The van der Waals surface area contributed by atoms with Crippen LogP contribution in [-0.4, -0.2) is 63.4 Å². The third kappa shape index (κ3) is 7.28. The number of fused-ring (bicyclic) bond motifs is 1. The third-order valence-electron chi connectivity index (χ3n) is 3.42. The first kappa shape index (κ1) is 23.7. The Kier molecular flexibility index (Phi) is 7.68. The zero-order valence-corrected chi connectivity index (χ0v) is 16.1. The summed E-state index contributed by atoms with van der Waals surface area (Å²) < 4.78 is 51.0. The van der Waals surface area contributed by atoms with E-state index in [9.17, 15) is 26.2 Å². The molecule has 2 aromatic rings. The number of halogens is 6. The maximum Gasteiger partial charge on any atom is -1.00 e. The molecule has 15 heteroatoms. The predicted octanol–water partition coefficient (Wildman–Crippen LogP) is 0.0974. The van der Waals surface area contributed by atoms with Gasteiger partial charge < -0.3 is 9.91 Å². The molecule has 1 saturated heterocycles. The normalized spacial score (nSPS) is 18.1. The number of hydrogen-bond donors (Lipinski definition) is 0. The maximum absolute atomic E-state index is 11.9. The Morgan fingerprint density at radius 1 is 1.22 bits per heavy atom. The summed E-state index contributed by atoms with van der Waals surface area (Å²) in [7, 11) is -4.54. The Bertz CT molecular complexity index is 734. The quantitative estimate of drug-likeness (QED) is 0.293. The zero-order valence-electron chi connectivity index (χ0n) is 14.4. The van der Waals surface area contributed by atoms with E-state index in [1.807, 2.05) is 38.0 Å². The Morgan fingerprint density at radius 3 is 2.30 bits per heavy atom. The molecular weight excluding hydrogens is 421 g/mol. The van der Waals surface area contributed by atoms with Gasteiger partial charge in [0.25, 0.3) is 0 Å². The minimum Gasteiger partial charge on any atom is -1.00 e. The molecule has 27 heavy (non-hydrogen) atoms. The van der Waals surface area contributed by atoms with Crippen LogP contribution in [0.15, 0.2) is 18.3 Å². The zero-order chi connectivity index (χ0) is 19.6. The minimum absolute atomic E-state index is 0. The fourth-order valence-electron chi connectivity index (χ4n) is 2.57. The van der Waals surface area contributed by atoms with Crippen LogP contribution in [0, 0.1) is 5.21 Å². The van der Waals surface area contributed by atoms with Crippen molar-refractivity contribution in [2.24, 2.45) is 0 Å². The van der Waals surface area contributed by atoms with E-state index in [0.29, 0.717) is 10.5 Å². The summed E-state index contributed by atoms with van der Waals surface area (Å²) in [4.78, 5) is 9.14. The van der Waals surface area contributed by atoms with Gasteiger partial charge in [-0.05, 0) is 26.2 Å². The number of nitrogens with zero attached hydrogens (tertiary/aromatic N) is 6. The second kappa shape index (κ2) is 8.76. The molecule has 0 aliphatic carbocycles. The predicted molar refractivity (Wildman–Crippen MR) is 90.6 cm³/mol. The molecule has 1 fully saturated rings. The van der Waals surface area contributed by atoms with E-state index in [-0.39, 0.29) is 11.0 Å². The van der Waals surface area contributed by atoms with Crippen molar-refractivity contribution >= 4 is 31.1 Å². The van der Waals surface area contributed by atoms with Crippen molar-refractivity contribution in [2.75, 3.05) is 38.7 Å². The summed E-state index contributed by atoms with van der Waals surface area (Å²) >= 11 is 1.96. The first-order valence-corrected chi connectivity index (χ1v) is 10.3. The molecule has 2 aromatic heterocycles. The van der Waals surface area contributed by atoms with E-state index in [4.69, 9.17) is 0 Å². The largest absolute Gasteiger partial charge is 1.00 e. The Labute approximate surface area is 155 Å². The van der Waals surface area contributed by atoms with Crippen LogP contribution >= 0.6 is 19.9 Å². The van der Waals surface area contributed by atoms with Gasteiger partial charge in [0.1, 0.15) is 6.20 Å². The molecule has 0 saturated carbocycles. The van der Waals surface area contributed by atoms with Crippen molar-refractivity contribution in [3.05, 3.63) is 23.5 Å². The van der Waals surface area contributed by atoms with E-state index in [1.165, 1.54) is 0 Å². The second-order valence-electron chi connectivity index (χ2n) is 5.65. The second-order valence-corrected chi connectivity index (χ2v) is 8.15. The maximum atomic E-state index is 11.9. The molecule has 3 rings (SSSR count). The average molecular weight is 439 g/mol. The topological polar surface area (TPSA) is 64.1 Å². The summed E-state index contributed by atoms with van der Waals surface area (Å²) in [6.45, 7) is 1.99. The van der Waals surface area contributed by atoms with Crippen molar-refractivity contribution in [3.63, 3.8) is 0 Å². The van der Waals surface area contributed by atoms with Crippen LogP contribution in [0.4, 0.5) is 21.0 Å². The molecule has 0 bridgehead atoms. The van der Waals surface area contributed by atoms with Crippen molar-refractivity contribution in [3.8, 4) is 0 Å².